The molecule has 0 aliphatic carbocycles. The van der Waals surface area contributed by atoms with E-state index < -0.39 is 97.5 Å². The Labute approximate surface area is 605 Å². The smallest absolute Gasteiger partial charge is 0.462 e. The van der Waals surface area contributed by atoms with Crippen LogP contribution in [0.3, 0.4) is 0 Å². The van der Waals surface area contributed by atoms with Crippen LogP contribution in [-0.2, 0) is 65.4 Å². The predicted octanol–water partition coefficient (Wildman–Crippen LogP) is 23.3. The largest absolute Gasteiger partial charge is 0.472 e. The highest BCUT2D eigenvalue weighted by atomic mass is 31.2. The highest BCUT2D eigenvalue weighted by Crippen LogP contribution is 2.45. The summed E-state index contributed by atoms with van der Waals surface area (Å²) in [5.41, 5.74) is 0. The maximum Gasteiger partial charge on any atom is 0.472 e. The summed E-state index contributed by atoms with van der Waals surface area (Å²) in [5, 5.41) is 10.6. The molecule has 0 aromatic heterocycles. The third-order valence-corrected chi connectivity index (χ3v) is 19.9. The van der Waals surface area contributed by atoms with Gasteiger partial charge in [0.2, 0.25) is 0 Å². The molecule has 0 amide bonds. The number of esters is 4. The van der Waals surface area contributed by atoms with E-state index in [0.717, 1.165) is 120 Å². The molecular formula is C80H152O17P2. The van der Waals surface area contributed by atoms with Crippen LogP contribution in [0.25, 0.3) is 0 Å². The van der Waals surface area contributed by atoms with Gasteiger partial charge in [0, 0.05) is 25.7 Å². The molecule has 0 aliphatic rings. The monoisotopic (exact) mass is 1450 g/mol. The summed E-state index contributed by atoms with van der Waals surface area (Å²) in [6.45, 7) is 11.8. The number of unbranched alkanes of at least 4 members (excludes halogenated alkanes) is 41. The SMILES string of the molecule is CCCCCC/C=C\C=C/CCCCCCCC(=O)O[C@H](COC(=O)CCCCCCCCCCCCCCCCCCCCC(C)C)COP(=O)(O)OCC(O)COP(=O)(O)OC[C@@H](COC(=O)CCCCCCCCCCC(C)C)OC(=O)CCCCCCCCCCCC(C)C. The molecule has 0 saturated heterocycles. The summed E-state index contributed by atoms with van der Waals surface area (Å²) in [7, 11) is -9.93. The zero-order chi connectivity index (χ0) is 73.0. The second-order valence-electron chi connectivity index (χ2n) is 29.5. The fourth-order valence-corrected chi connectivity index (χ4v) is 13.3. The van der Waals surface area contributed by atoms with Crippen molar-refractivity contribution in [2.45, 2.75) is 407 Å². The number of hydrogen-bond acceptors (Lipinski definition) is 15. The number of phosphoric ester groups is 2. The quantitative estimate of drug-likeness (QED) is 0.0169. The van der Waals surface area contributed by atoms with Crippen molar-refractivity contribution in [3.63, 3.8) is 0 Å². The fraction of sp³-hybridized carbons (Fsp3) is 0.900. The number of aliphatic hydroxyl groups excluding tert-OH is 1. The minimum Gasteiger partial charge on any atom is -0.462 e. The van der Waals surface area contributed by atoms with Crippen LogP contribution in [0.4, 0.5) is 0 Å². The minimum atomic E-state index is -4.97. The van der Waals surface area contributed by atoms with Crippen molar-refractivity contribution >= 4 is 39.5 Å². The van der Waals surface area contributed by atoms with Crippen molar-refractivity contribution in [1.29, 1.82) is 0 Å². The van der Waals surface area contributed by atoms with Crippen molar-refractivity contribution in [2.75, 3.05) is 39.6 Å². The van der Waals surface area contributed by atoms with E-state index in [2.05, 4.69) is 72.8 Å². The maximum atomic E-state index is 13.1. The van der Waals surface area contributed by atoms with Gasteiger partial charge in [0.1, 0.15) is 19.3 Å². The van der Waals surface area contributed by atoms with Gasteiger partial charge in [-0.2, -0.15) is 0 Å². The van der Waals surface area contributed by atoms with Crippen LogP contribution >= 0.6 is 15.6 Å². The molecule has 0 radical (unpaired) electrons. The normalized spacial score (nSPS) is 14.2. The van der Waals surface area contributed by atoms with Gasteiger partial charge in [-0.1, -0.05) is 336 Å². The summed E-state index contributed by atoms with van der Waals surface area (Å²) in [4.78, 5) is 72.9. The van der Waals surface area contributed by atoms with Gasteiger partial charge in [-0.3, -0.25) is 37.3 Å². The Bertz CT molecular complexity index is 2020. The molecule has 0 spiro atoms. The van der Waals surface area contributed by atoms with E-state index in [1.165, 1.54) is 186 Å². The molecule has 0 aromatic rings. The van der Waals surface area contributed by atoms with Crippen molar-refractivity contribution < 1.29 is 80.2 Å². The Morgan fingerprint density at radius 3 is 0.818 bits per heavy atom. The molecule has 0 aromatic carbocycles. The topological polar surface area (TPSA) is 237 Å². The zero-order valence-corrected chi connectivity index (χ0v) is 66.2. The van der Waals surface area contributed by atoms with Crippen molar-refractivity contribution in [3.05, 3.63) is 24.3 Å². The van der Waals surface area contributed by atoms with E-state index in [9.17, 15) is 43.2 Å². The zero-order valence-electron chi connectivity index (χ0n) is 64.4. The number of phosphoric acid groups is 2. The lowest BCUT2D eigenvalue weighted by Crippen LogP contribution is -2.30. The molecule has 0 heterocycles. The summed E-state index contributed by atoms with van der Waals surface area (Å²) in [6, 6.07) is 0. The summed E-state index contributed by atoms with van der Waals surface area (Å²) in [6.07, 6.45) is 60.6. The molecule has 0 rings (SSSR count). The third-order valence-electron chi connectivity index (χ3n) is 18.0. The number of allylic oxidation sites excluding steroid dienone is 4. The van der Waals surface area contributed by atoms with Crippen molar-refractivity contribution in [3.8, 4) is 0 Å². The Balaban J connectivity index is 5.24. The second kappa shape index (κ2) is 69.9. The highest BCUT2D eigenvalue weighted by Gasteiger charge is 2.30. The maximum absolute atomic E-state index is 13.1. The van der Waals surface area contributed by atoms with E-state index in [4.69, 9.17) is 37.0 Å². The third kappa shape index (κ3) is 73.6. The number of carbonyl (C=O) groups is 4. The molecule has 17 nitrogen and oxygen atoms in total. The summed E-state index contributed by atoms with van der Waals surface area (Å²) in [5.74, 6) is 0.136. The average molecular weight is 1450 g/mol. The van der Waals surface area contributed by atoms with E-state index in [1.54, 1.807) is 0 Å². The second-order valence-corrected chi connectivity index (χ2v) is 32.5. The number of carbonyl (C=O) groups excluding carboxylic acids is 4. The number of hydrogen-bond donors (Lipinski definition) is 3. The van der Waals surface area contributed by atoms with Crippen LogP contribution in [0, 0.1) is 17.8 Å². The van der Waals surface area contributed by atoms with Gasteiger partial charge in [-0.05, 0) is 69.1 Å². The van der Waals surface area contributed by atoms with Crippen molar-refractivity contribution in [2.24, 2.45) is 17.8 Å². The fourth-order valence-electron chi connectivity index (χ4n) is 11.8. The Morgan fingerprint density at radius 2 is 0.545 bits per heavy atom. The van der Waals surface area contributed by atoms with Crippen LogP contribution in [0.1, 0.15) is 389 Å². The first-order valence-corrected chi connectivity index (χ1v) is 43.7. The van der Waals surface area contributed by atoms with Gasteiger partial charge >= 0.3 is 39.5 Å². The number of rotatable bonds is 76. The predicted molar refractivity (Wildman–Crippen MR) is 404 cm³/mol. The number of aliphatic hydroxyl groups is 1. The first-order valence-electron chi connectivity index (χ1n) is 40.7. The number of ether oxygens (including phenoxy) is 4. The van der Waals surface area contributed by atoms with Gasteiger partial charge in [-0.15, -0.1) is 0 Å². The molecule has 584 valence electrons. The summed E-state index contributed by atoms with van der Waals surface area (Å²) < 4.78 is 68.6. The molecule has 5 atom stereocenters. The van der Waals surface area contributed by atoms with Gasteiger partial charge in [0.15, 0.2) is 12.2 Å². The first-order chi connectivity index (χ1) is 47.7. The molecule has 3 N–H and O–H groups in total. The first kappa shape index (κ1) is 96.5. The van der Waals surface area contributed by atoms with Crippen LogP contribution in [0.15, 0.2) is 24.3 Å². The Hall–Kier alpha value is -2.46. The lowest BCUT2D eigenvalue weighted by Gasteiger charge is -2.21. The van der Waals surface area contributed by atoms with Gasteiger partial charge in [0.05, 0.1) is 26.4 Å². The standard InChI is InChI=1S/C80H152O17P2/c1-8-9-10-11-12-13-14-15-20-25-28-33-42-49-56-63-79(84)96-75(67-90-77(82)61-54-47-40-32-27-24-22-19-17-16-18-21-23-26-30-37-44-51-58-71(2)3)69-94-98(86,87)92-65-74(81)66-93-99(88,89)95-70-76(68-91-78(83)62-55-48-41-36-35-39-46-53-60-73(6)7)97-80(85)64-57-50-43-34-29-31-38-45-52-59-72(4)5/h13-15,20,71-76,81H,8-12,16-19,21-70H2,1-7H3,(H,86,87)(H,88,89)/b14-13-,20-15-/t74?,75-,76-/m1/s1. The van der Waals surface area contributed by atoms with Crippen LogP contribution in [0.5, 0.6) is 0 Å². The molecule has 3 unspecified atom stereocenters. The lowest BCUT2D eigenvalue weighted by atomic mass is 10.0. The molecule has 0 fully saturated rings. The van der Waals surface area contributed by atoms with Gasteiger partial charge in [-0.25, -0.2) is 9.13 Å². The van der Waals surface area contributed by atoms with E-state index >= 15 is 0 Å². The van der Waals surface area contributed by atoms with E-state index in [-0.39, 0.29) is 25.7 Å². The average Bonchev–Trinajstić information content (AvgIpc) is 0.961. The van der Waals surface area contributed by atoms with Crippen LogP contribution < -0.4 is 0 Å². The summed E-state index contributed by atoms with van der Waals surface area (Å²) >= 11 is 0. The van der Waals surface area contributed by atoms with Crippen molar-refractivity contribution in [1.82, 2.24) is 0 Å². The van der Waals surface area contributed by atoms with Crippen LogP contribution in [-0.4, -0.2) is 96.7 Å². The minimum absolute atomic E-state index is 0.0852. The molecule has 0 saturated carbocycles. The molecule has 19 heteroatoms. The molecule has 99 heavy (non-hydrogen) atoms. The molecule has 0 bridgehead atoms. The highest BCUT2D eigenvalue weighted by molar-refractivity contribution is 7.47. The lowest BCUT2D eigenvalue weighted by molar-refractivity contribution is -0.161. The van der Waals surface area contributed by atoms with E-state index in [1.807, 2.05) is 0 Å². The molecular weight excluding hydrogens is 1290 g/mol. The van der Waals surface area contributed by atoms with E-state index in [0.29, 0.717) is 25.7 Å². The Kier molecular flexibility index (Phi) is 68.1. The van der Waals surface area contributed by atoms with Gasteiger partial charge < -0.3 is 33.8 Å². The molecule has 0 aliphatic heterocycles. The Morgan fingerprint density at radius 1 is 0.313 bits per heavy atom. The van der Waals surface area contributed by atoms with Gasteiger partial charge in [0.25, 0.3) is 0 Å². The van der Waals surface area contributed by atoms with Crippen LogP contribution in [0.2, 0.25) is 0 Å².